The average molecular weight is 314 g/mol. The van der Waals surface area contributed by atoms with Crippen molar-refractivity contribution in [3.63, 3.8) is 0 Å². The Morgan fingerprint density at radius 2 is 1.33 bits per heavy atom. The second-order valence-corrected chi connectivity index (χ2v) is 6.44. The lowest BCUT2D eigenvalue weighted by Gasteiger charge is -2.15. The Balaban J connectivity index is 2.05. The summed E-state index contributed by atoms with van der Waals surface area (Å²) in [6.07, 6.45) is 3.41. The van der Waals surface area contributed by atoms with E-state index >= 15 is 0 Å². The van der Waals surface area contributed by atoms with E-state index in [1.165, 1.54) is 45.4 Å². The van der Waals surface area contributed by atoms with E-state index in [2.05, 4.69) is 87.5 Å². The van der Waals surface area contributed by atoms with Crippen molar-refractivity contribution < 1.29 is 0 Å². The van der Waals surface area contributed by atoms with Crippen LogP contribution in [-0.2, 0) is 12.8 Å². The Hall–Kier alpha value is -2.34. The fourth-order valence-electron chi connectivity index (χ4n) is 3.47. The van der Waals surface area contributed by atoms with E-state index in [4.69, 9.17) is 0 Å². The standard InChI is InChI=1S/C24H26/c1-4-9-19-14-16-21(17-15-19)22-12-8-13-23(18(22)3)24-11-7-6-10-20(24)5-2/h6-8,10-17H,4-5,9H2,1-3H3. The van der Waals surface area contributed by atoms with Crippen molar-refractivity contribution in [1.29, 1.82) is 0 Å². The molecule has 0 heterocycles. The third-order valence-corrected chi connectivity index (χ3v) is 4.83. The molecule has 0 saturated carbocycles. The number of hydrogen-bond donors (Lipinski definition) is 0. The lowest BCUT2D eigenvalue weighted by atomic mass is 9.90. The minimum absolute atomic E-state index is 1.06. The summed E-state index contributed by atoms with van der Waals surface area (Å²) in [6, 6.07) is 24.5. The van der Waals surface area contributed by atoms with E-state index < -0.39 is 0 Å². The molecule has 122 valence electrons. The third-order valence-electron chi connectivity index (χ3n) is 4.83. The lowest BCUT2D eigenvalue weighted by molar-refractivity contribution is 0.922. The van der Waals surface area contributed by atoms with Crippen molar-refractivity contribution in [3.05, 3.63) is 83.4 Å². The van der Waals surface area contributed by atoms with Gasteiger partial charge in [0.05, 0.1) is 0 Å². The molecule has 3 rings (SSSR count). The van der Waals surface area contributed by atoms with Gasteiger partial charge in [0.2, 0.25) is 0 Å². The Bertz CT molecular complexity index is 810. The predicted octanol–water partition coefficient (Wildman–Crippen LogP) is 6.84. The van der Waals surface area contributed by atoms with Crippen LogP contribution in [0.1, 0.15) is 37.0 Å². The highest BCUT2D eigenvalue weighted by Gasteiger charge is 2.10. The van der Waals surface area contributed by atoms with Gasteiger partial charge < -0.3 is 0 Å². The Kier molecular flexibility index (Phi) is 5.15. The molecule has 0 amide bonds. The van der Waals surface area contributed by atoms with Crippen LogP contribution in [0, 0.1) is 6.92 Å². The second-order valence-electron chi connectivity index (χ2n) is 6.44. The maximum Gasteiger partial charge on any atom is -0.0146 e. The van der Waals surface area contributed by atoms with Gasteiger partial charge in [0.15, 0.2) is 0 Å². The van der Waals surface area contributed by atoms with Crippen LogP contribution in [0.25, 0.3) is 22.3 Å². The third kappa shape index (κ3) is 3.28. The SMILES string of the molecule is CCCc1ccc(-c2cccc(-c3ccccc3CC)c2C)cc1. The first kappa shape index (κ1) is 16.5. The smallest absolute Gasteiger partial charge is 0.0146 e. The van der Waals surface area contributed by atoms with E-state index in [1.54, 1.807) is 0 Å². The molecule has 0 spiro atoms. The van der Waals surface area contributed by atoms with Gasteiger partial charge in [-0.25, -0.2) is 0 Å². The summed E-state index contributed by atoms with van der Waals surface area (Å²) in [5.74, 6) is 0. The van der Waals surface area contributed by atoms with E-state index in [-0.39, 0.29) is 0 Å². The molecule has 0 bridgehead atoms. The summed E-state index contributed by atoms with van der Waals surface area (Å²) in [4.78, 5) is 0. The highest BCUT2D eigenvalue weighted by Crippen LogP contribution is 2.33. The van der Waals surface area contributed by atoms with Crippen molar-refractivity contribution in [1.82, 2.24) is 0 Å². The van der Waals surface area contributed by atoms with Crippen LogP contribution in [-0.4, -0.2) is 0 Å². The zero-order valence-corrected chi connectivity index (χ0v) is 15.0. The molecular formula is C24H26. The Morgan fingerprint density at radius 3 is 2.04 bits per heavy atom. The van der Waals surface area contributed by atoms with Gasteiger partial charge in [0, 0.05) is 0 Å². The zero-order chi connectivity index (χ0) is 16.9. The van der Waals surface area contributed by atoms with Crippen molar-refractivity contribution in [2.45, 2.75) is 40.0 Å². The van der Waals surface area contributed by atoms with Crippen molar-refractivity contribution in [3.8, 4) is 22.3 Å². The fraction of sp³-hybridized carbons (Fsp3) is 0.250. The molecule has 0 nitrogen and oxygen atoms in total. The largest absolute Gasteiger partial charge is 0.0651 e. The molecule has 3 aromatic carbocycles. The zero-order valence-electron chi connectivity index (χ0n) is 15.0. The van der Waals surface area contributed by atoms with Crippen LogP contribution >= 0.6 is 0 Å². The number of aryl methyl sites for hydroxylation is 2. The molecule has 0 aromatic heterocycles. The Labute approximate surface area is 146 Å². The summed E-state index contributed by atoms with van der Waals surface area (Å²) < 4.78 is 0. The van der Waals surface area contributed by atoms with E-state index in [0.29, 0.717) is 0 Å². The number of rotatable bonds is 5. The second kappa shape index (κ2) is 7.49. The summed E-state index contributed by atoms with van der Waals surface area (Å²) in [6.45, 7) is 6.70. The molecule has 0 heteroatoms. The molecule has 0 atom stereocenters. The van der Waals surface area contributed by atoms with Gasteiger partial charge in [0.25, 0.3) is 0 Å². The van der Waals surface area contributed by atoms with Crippen molar-refractivity contribution >= 4 is 0 Å². The van der Waals surface area contributed by atoms with Crippen LogP contribution in [0.15, 0.2) is 66.7 Å². The molecule has 0 N–H and O–H groups in total. The molecule has 0 aliphatic heterocycles. The van der Waals surface area contributed by atoms with E-state index in [0.717, 1.165) is 12.8 Å². The average Bonchev–Trinajstić information content (AvgIpc) is 2.63. The van der Waals surface area contributed by atoms with Crippen LogP contribution in [0.2, 0.25) is 0 Å². The molecule has 0 saturated heterocycles. The van der Waals surface area contributed by atoms with E-state index in [1.807, 2.05) is 0 Å². The quantitative estimate of drug-likeness (QED) is 0.483. The highest BCUT2D eigenvalue weighted by molar-refractivity contribution is 5.79. The molecule has 0 fully saturated rings. The fourth-order valence-corrected chi connectivity index (χ4v) is 3.47. The monoisotopic (exact) mass is 314 g/mol. The minimum atomic E-state index is 1.06. The molecule has 3 aromatic rings. The van der Waals surface area contributed by atoms with Gasteiger partial charge in [0.1, 0.15) is 0 Å². The van der Waals surface area contributed by atoms with Gasteiger partial charge >= 0.3 is 0 Å². The van der Waals surface area contributed by atoms with Crippen LogP contribution in [0.3, 0.4) is 0 Å². The van der Waals surface area contributed by atoms with Gasteiger partial charge in [-0.2, -0.15) is 0 Å². The van der Waals surface area contributed by atoms with Gasteiger partial charge in [-0.15, -0.1) is 0 Å². The summed E-state index contributed by atoms with van der Waals surface area (Å²) in [7, 11) is 0. The maximum absolute atomic E-state index is 2.27. The topological polar surface area (TPSA) is 0 Å². The number of benzene rings is 3. The number of hydrogen-bond acceptors (Lipinski definition) is 0. The molecule has 24 heavy (non-hydrogen) atoms. The maximum atomic E-state index is 2.27. The molecule has 0 aliphatic carbocycles. The highest BCUT2D eigenvalue weighted by atomic mass is 14.1. The summed E-state index contributed by atoms with van der Waals surface area (Å²) in [5, 5.41) is 0. The van der Waals surface area contributed by atoms with E-state index in [9.17, 15) is 0 Å². The van der Waals surface area contributed by atoms with Crippen molar-refractivity contribution in [2.75, 3.05) is 0 Å². The lowest BCUT2D eigenvalue weighted by Crippen LogP contribution is -1.92. The molecular weight excluding hydrogens is 288 g/mol. The molecule has 0 unspecified atom stereocenters. The van der Waals surface area contributed by atoms with Crippen LogP contribution < -0.4 is 0 Å². The predicted molar refractivity (Wildman–Crippen MR) is 105 cm³/mol. The van der Waals surface area contributed by atoms with Gasteiger partial charge in [-0.05, 0) is 58.7 Å². The molecule has 0 radical (unpaired) electrons. The summed E-state index contributed by atoms with van der Waals surface area (Å²) >= 11 is 0. The summed E-state index contributed by atoms with van der Waals surface area (Å²) in [5.41, 5.74) is 9.55. The van der Waals surface area contributed by atoms with Crippen molar-refractivity contribution in [2.24, 2.45) is 0 Å². The van der Waals surface area contributed by atoms with Gasteiger partial charge in [-0.1, -0.05) is 87.0 Å². The first-order chi connectivity index (χ1) is 11.7. The Morgan fingerprint density at radius 1 is 0.667 bits per heavy atom. The first-order valence-corrected chi connectivity index (χ1v) is 9.01. The van der Waals surface area contributed by atoms with Gasteiger partial charge in [-0.3, -0.25) is 0 Å². The molecule has 0 aliphatic rings. The normalized spacial score (nSPS) is 10.8. The minimum Gasteiger partial charge on any atom is -0.0651 e. The van der Waals surface area contributed by atoms with Crippen LogP contribution in [0.5, 0.6) is 0 Å². The van der Waals surface area contributed by atoms with Crippen LogP contribution in [0.4, 0.5) is 0 Å². The first-order valence-electron chi connectivity index (χ1n) is 9.01.